The van der Waals surface area contributed by atoms with Crippen LogP contribution in [0.15, 0.2) is 53.6 Å². The normalized spacial score (nSPS) is 19.4. The van der Waals surface area contributed by atoms with Crippen LogP contribution in [0, 0.1) is 11.3 Å². The van der Waals surface area contributed by atoms with Gasteiger partial charge in [-0.1, -0.05) is 19.1 Å². The van der Waals surface area contributed by atoms with Gasteiger partial charge in [0.2, 0.25) is 5.88 Å². The third-order valence-electron chi connectivity index (χ3n) is 7.64. The van der Waals surface area contributed by atoms with E-state index in [1.165, 1.54) is 4.68 Å². The largest absolute Gasteiger partial charge is 0.507 e. The minimum Gasteiger partial charge on any atom is -0.507 e. The van der Waals surface area contributed by atoms with Crippen molar-refractivity contribution >= 4 is 23.7 Å². The number of rotatable bonds is 9. The van der Waals surface area contributed by atoms with Crippen molar-refractivity contribution in [2.24, 2.45) is 11.3 Å². The molecule has 2 N–H and O–H groups in total. The number of carbonyl (C=O) groups is 1. The minimum atomic E-state index is -4.22. The molecule has 1 saturated carbocycles. The molecule has 12 heteroatoms. The van der Waals surface area contributed by atoms with E-state index in [1.54, 1.807) is 48.7 Å². The lowest BCUT2D eigenvalue weighted by Gasteiger charge is -2.34. The van der Waals surface area contributed by atoms with E-state index in [4.69, 9.17) is 9.72 Å². The molecule has 2 aliphatic rings. The molecule has 1 aliphatic heterocycles. The molecule has 8 nitrogen and oxygen atoms in total. The van der Waals surface area contributed by atoms with Crippen LogP contribution in [0.1, 0.15) is 56.8 Å². The summed E-state index contributed by atoms with van der Waals surface area (Å²) in [4.78, 5) is 20.8. The maximum absolute atomic E-state index is 13.3. The minimum absolute atomic E-state index is 0.0680. The Hall–Kier alpha value is -3.41. The van der Waals surface area contributed by atoms with Crippen molar-refractivity contribution in [2.75, 3.05) is 18.1 Å². The van der Waals surface area contributed by atoms with Gasteiger partial charge in [-0.25, -0.2) is 9.67 Å². The Labute approximate surface area is 235 Å². The number of ether oxygens (including phenoxy) is 1. The zero-order valence-electron chi connectivity index (χ0n) is 22.5. The van der Waals surface area contributed by atoms with Crippen molar-refractivity contribution < 1.29 is 27.8 Å². The first-order chi connectivity index (χ1) is 18.9. The van der Waals surface area contributed by atoms with E-state index < -0.39 is 11.6 Å². The number of alkyl halides is 3. The summed E-state index contributed by atoms with van der Waals surface area (Å²) >= 11 is 1.02. The van der Waals surface area contributed by atoms with Crippen LogP contribution in [0.3, 0.4) is 0 Å². The van der Waals surface area contributed by atoms with Crippen LogP contribution in [-0.2, 0) is 0 Å². The smallest absolute Gasteiger partial charge is 0.394 e. The Balaban J connectivity index is 1.36. The number of carbonyl (C=O) groups excluding carboxylic acids is 1. The number of nitrogens with one attached hydrogen (secondary N) is 1. The van der Waals surface area contributed by atoms with Crippen LogP contribution < -0.4 is 14.4 Å². The van der Waals surface area contributed by atoms with Crippen molar-refractivity contribution in [2.45, 2.75) is 63.1 Å². The fourth-order valence-electron chi connectivity index (χ4n) is 5.30. The lowest BCUT2D eigenvalue weighted by atomic mass is 9.97. The number of hydrogen-bond acceptors (Lipinski definition) is 7. The molecule has 40 heavy (non-hydrogen) atoms. The molecule has 2 aromatic heterocycles. The van der Waals surface area contributed by atoms with Gasteiger partial charge < -0.3 is 14.7 Å². The van der Waals surface area contributed by atoms with E-state index in [9.17, 15) is 23.1 Å². The Morgan fingerprint density at radius 1 is 1.20 bits per heavy atom. The quantitative estimate of drug-likeness (QED) is 0.296. The Bertz CT molecular complexity index is 1390. The highest BCUT2D eigenvalue weighted by atomic mass is 32.2. The van der Waals surface area contributed by atoms with Crippen molar-refractivity contribution in [1.82, 2.24) is 19.5 Å². The molecule has 3 heterocycles. The van der Waals surface area contributed by atoms with Gasteiger partial charge >= 0.3 is 6.18 Å². The summed E-state index contributed by atoms with van der Waals surface area (Å²) < 4.78 is 49.4. The molecule has 1 unspecified atom stereocenters. The van der Waals surface area contributed by atoms with E-state index in [2.05, 4.69) is 35.5 Å². The number of nitrogens with zero attached hydrogens (tertiary/aromatic N) is 4. The second-order valence-electron chi connectivity index (χ2n) is 11.2. The molecule has 1 atom stereocenters. The number of hydrogen-bond donors (Lipinski definition) is 2. The second kappa shape index (κ2) is 10.5. The first-order valence-electron chi connectivity index (χ1n) is 13.2. The summed E-state index contributed by atoms with van der Waals surface area (Å²) in [7, 11) is 0. The van der Waals surface area contributed by atoms with Gasteiger partial charge in [-0.2, -0.15) is 13.2 Å². The zero-order chi connectivity index (χ0) is 28.7. The summed E-state index contributed by atoms with van der Waals surface area (Å²) in [5.74, 6) is 1.25. The number of halogens is 3. The predicted molar refractivity (Wildman–Crippen MR) is 146 cm³/mol. The number of para-hydroxylation sites is 1. The summed E-state index contributed by atoms with van der Waals surface area (Å²) in [6.45, 7) is 7.00. The number of anilines is 1. The summed E-state index contributed by atoms with van der Waals surface area (Å²) in [6, 6.07) is 11.7. The van der Waals surface area contributed by atoms with Crippen molar-refractivity contribution in [3.8, 4) is 17.4 Å². The molecular weight excluding hydrogens is 543 g/mol. The Kier molecular flexibility index (Phi) is 7.41. The highest BCUT2D eigenvalue weighted by Crippen LogP contribution is 2.59. The van der Waals surface area contributed by atoms with Gasteiger partial charge in [-0.15, -0.1) is 5.10 Å². The molecule has 1 aliphatic carbocycles. The molecule has 1 aromatic carbocycles. The molecule has 1 saturated heterocycles. The van der Waals surface area contributed by atoms with Gasteiger partial charge in [-0.3, -0.25) is 9.52 Å². The van der Waals surface area contributed by atoms with E-state index in [0.717, 1.165) is 18.4 Å². The van der Waals surface area contributed by atoms with Gasteiger partial charge in [0, 0.05) is 24.3 Å². The summed E-state index contributed by atoms with van der Waals surface area (Å²) in [5.41, 5.74) is -1.50. The molecule has 0 bridgehead atoms. The molecule has 3 aromatic rings. The Morgan fingerprint density at radius 2 is 1.95 bits per heavy atom. The summed E-state index contributed by atoms with van der Waals surface area (Å²) in [6.07, 6.45) is -1.49. The predicted octanol–water partition coefficient (Wildman–Crippen LogP) is 6.15. The van der Waals surface area contributed by atoms with Crippen molar-refractivity contribution in [3.63, 3.8) is 0 Å². The number of phenols is 1. The molecule has 2 fully saturated rings. The lowest BCUT2D eigenvalue weighted by Crippen LogP contribution is -2.40. The highest BCUT2D eigenvalue weighted by Gasteiger charge is 2.62. The lowest BCUT2D eigenvalue weighted by molar-refractivity contribution is -0.190. The molecule has 1 amide bonds. The van der Waals surface area contributed by atoms with Gasteiger partial charge in [0.05, 0.1) is 22.5 Å². The van der Waals surface area contributed by atoms with Gasteiger partial charge in [0.1, 0.15) is 11.6 Å². The average molecular weight is 576 g/mol. The van der Waals surface area contributed by atoms with Crippen LogP contribution in [0.4, 0.5) is 19.0 Å². The first kappa shape index (κ1) is 28.1. The molecule has 0 radical (unpaired) electrons. The first-order valence-corrected chi connectivity index (χ1v) is 14.0. The fraction of sp³-hybridized carbons (Fsp3) is 0.464. The fourth-order valence-corrected chi connectivity index (χ4v) is 5.93. The van der Waals surface area contributed by atoms with E-state index in [0.29, 0.717) is 34.6 Å². The van der Waals surface area contributed by atoms with Crippen LogP contribution in [0.25, 0.3) is 5.82 Å². The van der Waals surface area contributed by atoms with Crippen LogP contribution in [0.5, 0.6) is 11.6 Å². The molecular formula is C28H32F3N5O3S. The van der Waals surface area contributed by atoms with Gasteiger partial charge in [-0.05, 0) is 81.7 Å². The molecule has 5 rings (SSSR count). The summed E-state index contributed by atoms with van der Waals surface area (Å²) in [5, 5.41) is 14.4. The monoisotopic (exact) mass is 575 g/mol. The van der Waals surface area contributed by atoms with Crippen molar-refractivity contribution in [3.05, 3.63) is 54.2 Å². The third-order valence-corrected chi connectivity index (χ3v) is 8.49. The number of aromatic hydroxyl groups is 1. The number of aromatic nitrogens is 3. The topological polar surface area (TPSA) is 92.5 Å². The van der Waals surface area contributed by atoms with Crippen LogP contribution in [-0.4, -0.2) is 50.6 Å². The van der Waals surface area contributed by atoms with Crippen molar-refractivity contribution in [1.29, 1.82) is 0 Å². The maximum Gasteiger partial charge on any atom is 0.394 e. The third kappa shape index (κ3) is 5.72. The van der Waals surface area contributed by atoms with E-state index in [-0.39, 0.29) is 48.9 Å². The maximum atomic E-state index is 13.3. The molecule has 214 valence electrons. The Morgan fingerprint density at radius 3 is 2.60 bits per heavy atom. The second-order valence-corrected chi connectivity index (χ2v) is 12.1. The molecule has 0 spiro atoms. The van der Waals surface area contributed by atoms with Gasteiger partial charge in [0.15, 0.2) is 5.82 Å². The number of phenolic OH excluding ortho intramolecular Hbond substituents is 1. The number of amides is 1. The SMILES string of the molecule is CC1CN(c2nc(-n3ccc(OCCC4(C(F)(F)F)CC4)n3)ccc2C(=O)NSc2ccccc2O)C(C)(C)C1. The standard InChI is InChI=1S/C28H32F3N5O3S/c1-18-16-26(2,3)35(17-18)24-19(25(38)34-40-21-7-5-4-6-20(21)37)8-9-22(32-24)36-14-10-23(33-36)39-15-13-27(11-12-27)28(29,30)31/h4-10,14,18,37H,11-13,15-17H2,1-3H3,(H,34,38). The average Bonchev–Trinajstić information content (AvgIpc) is 3.46. The number of pyridine rings is 1. The zero-order valence-corrected chi connectivity index (χ0v) is 23.3. The highest BCUT2D eigenvalue weighted by molar-refractivity contribution is 7.98. The van der Waals surface area contributed by atoms with E-state index in [1.807, 2.05) is 0 Å². The van der Waals surface area contributed by atoms with Gasteiger partial charge in [0.25, 0.3) is 5.91 Å². The van der Waals surface area contributed by atoms with Crippen LogP contribution >= 0.6 is 11.9 Å². The number of benzene rings is 1. The van der Waals surface area contributed by atoms with E-state index >= 15 is 0 Å². The van der Waals surface area contributed by atoms with Crippen LogP contribution in [0.2, 0.25) is 0 Å².